The molecule has 1 amide bonds. The van der Waals surface area contributed by atoms with Gasteiger partial charge in [0, 0.05) is 25.0 Å². The maximum Gasteiger partial charge on any atom is 0.224 e. The van der Waals surface area contributed by atoms with E-state index in [0.29, 0.717) is 12.5 Å². The van der Waals surface area contributed by atoms with Gasteiger partial charge in [0.2, 0.25) is 5.91 Å². The molecular formula is C13H19N3O. The molecule has 2 heterocycles. The molecule has 17 heavy (non-hydrogen) atoms. The zero-order valence-electron chi connectivity index (χ0n) is 9.98. The van der Waals surface area contributed by atoms with E-state index in [2.05, 4.69) is 15.6 Å². The lowest BCUT2D eigenvalue weighted by atomic mass is 10.1. The quantitative estimate of drug-likeness (QED) is 0.794. The zero-order chi connectivity index (χ0) is 11.9. The van der Waals surface area contributed by atoms with Crippen LogP contribution in [0, 0.1) is 0 Å². The normalized spacial score (nSPS) is 19.2. The molecular weight excluding hydrogens is 214 g/mol. The number of aromatic nitrogens is 1. The van der Waals surface area contributed by atoms with Gasteiger partial charge in [-0.2, -0.15) is 0 Å². The summed E-state index contributed by atoms with van der Waals surface area (Å²) in [7, 11) is 0. The van der Waals surface area contributed by atoms with Crippen molar-refractivity contribution in [1.82, 2.24) is 15.6 Å². The number of rotatable bonds is 5. The minimum Gasteiger partial charge on any atom is -0.356 e. The van der Waals surface area contributed by atoms with Gasteiger partial charge in [0.15, 0.2) is 0 Å². The van der Waals surface area contributed by atoms with Crippen molar-refractivity contribution in [3.05, 3.63) is 30.1 Å². The molecule has 0 unspecified atom stereocenters. The zero-order valence-corrected chi connectivity index (χ0v) is 9.98. The summed E-state index contributed by atoms with van der Waals surface area (Å²) in [5.41, 5.74) is 1.01. The molecule has 0 bridgehead atoms. The molecule has 92 valence electrons. The highest BCUT2D eigenvalue weighted by atomic mass is 16.1. The molecule has 0 spiro atoms. The van der Waals surface area contributed by atoms with E-state index in [-0.39, 0.29) is 5.91 Å². The van der Waals surface area contributed by atoms with Gasteiger partial charge >= 0.3 is 0 Å². The molecule has 0 aliphatic carbocycles. The number of amides is 1. The smallest absolute Gasteiger partial charge is 0.224 e. The van der Waals surface area contributed by atoms with Crippen LogP contribution in [0.25, 0.3) is 0 Å². The Hall–Kier alpha value is -1.42. The van der Waals surface area contributed by atoms with Crippen LogP contribution in [0.5, 0.6) is 0 Å². The molecule has 1 aliphatic heterocycles. The third kappa shape index (κ3) is 4.15. The van der Waals surface area contributed by atoms with Crippen molar-refractivity contribution < 1.29 is 4.79 Å². The lowest BCUT2D eigenvalue weighted by molar-refractivity contribution is -0.120. The molecule has 2 N–H and O–H groups in total. The standard InChI is InChI=1S/C13H19N3O/c17-13(10-11-3-7-14-8-4-11)16-9-5-12-2-1-6-15-12/h3-4,7-8,12,15H,1-2,5-6,9-10H2,(H,16,17)/t12-/m1/s1. The minimum absolute atomic E-state index is 0.0918. The van der Waals surface area contributed by atoms with Gasteiger partial charge in [-0.1, -0.05) is 0 Å². The summed E-state index contributed by atoms with van der Waals surface area (Å²) < 4.78 is 0. The van der Waals surface area contributed by atoms with Crippen molar-refractivity contribution in [3.63, 3.8) is 0 Å². The molecule has 1 saturated heterocycles. The first-order chi connectivity index (χ1) is 8.34. The average molecular weight is 233 g/mol. The van der Waals surface area contributed by atoms with E-state index in [1.807, 2.05) is 12.1 Å². The predicted molar refractivity (Wildman–Crippen MR) is 66.6 cm³/mol. The van der Waals surface area contributed by atoms with Crippen LogP contribution in [0.1, 0.15) is 24.8 Å². The average Bonchev–Trinajstić information content (AvgIpc) is 2.83. The fourth-order valence-electron chi connectivity index (χ4n) is 2.14. The van der Waals surface area contributed by atoms with E-state index >= 15 is 0 Å². The van der Waals surface area contributed by atoms with E-state index in [0.717, 1.165) is 25.1 Å². The molecule has 0 aromatic carbocycles. The van der Waals surface area contributed by atoms with Crippen molar-refractivity contribution in [2.45, 2.75) is 31.7 Å². The number of nitrogens with one attached hydrogen (secondary N) is 2. The van der Waals surface area contributed by atoms with E-state index in [9.17, 15) is 4.79 Å². The van der Waals surface area contributed by atoms with Gasteiger partial charge in [0.05, 0.1) is 6.42 Å². The van der Waals surface area contributed by atoms with E-state index in [4.69, 9.17) is 0 Å². The lowest BCUT2D eigenvalue weighted by Crippen LogP contribution is -2.31. The molecule has 2 rings (SSSR count). The Bertz CT molecular complexity index is 347. The summed E-state index contributed by atoms with van der Waals surface area (Å²) in [6.45, 7) is 1.89. The number of carbonyl (C=O) groups is 1. The number of nitrogens with zero attached hydrogens (tertiary/aromatic N) is 1. The second-order valence-corrected chi connectivity index (χ2v) is 4.46. The van der Waals surface area contributed by atoms with Crippen molar-refractivity contribution in [2.75, 3.05) is 13.1 Å². The van der Waals surface area contributed by atoms with Gasteiger partial charge in [-0.15, -0.1) is 0 Å². The van der Waals surface area contributed by atoms with Gasteiger partial charge in [-0.25, -0.2) is 0 Å². The third-order valence-electron chi connectivity index (χ3n) is 3.09. The second kappa shape index (κ2) is 6.35. The predicted octanol–water partition coefficient (Wildman–Crippen LogP) is 0.882. The highest BCUT2D eigenvalue weighted by Crippen LogP contribution is 2.07. The van der Waals surface area contributed by atoms with Crippen molar-refractivity contribution in [3.8, 4) is 0 Å². The SMILES string of the molecule is O=C(Cc1ccncc1)NCC[C@H]1CCCN1. The Kier molecular flexibility index (Phi) is 4.50. The Balaban J connectivity index is 1.64. The van der Waals surface area contributed by atoms with Gasteiger partial charge in [0.25, 0.3) is 0 Å². The molecule has 1 atom stereocenters. The summed E-state index contributed by atoms with van der Waals surface area (Å²) in [5.74, 6) is 0.0918. The van der Waals surface area contributed by atoms with Gasteiger partial charge in [-0.3, -0.25) is 9.78 Å². The van der Waals surface area contributed by atoms with Crippen molar-refractivity contribution >= 4 is 5.91 Å². The van der Waals surface area contributed by atoms with E-state index < -0.39 is 0 Å². The summed E-state index contributed by atoms with van der Waals surface area (Å²) in [6, 6.07) is 4.34. The number of hydrogen-bond donors (Lipinski definition) is 2. The van der Waals surface area contributed by atoms with Crippen molar-refractivity contribution in [2.24, 2.45) is 0 Å². The molecule has 1 fully saturated rings. The molecule has 0 saturated carbocycles. The Morgan fingerprint density at radius 2 is 2.29 bits per heavy atom. The van der Waals surface area contributed by atoms with Crippen LogP contribution in [-0.4, -0.2) is 30.0 Å². The summed E-state index contributed by atoms with van der Waals surface area (Å²) in [6.07, 6.45) is 7.40. The fraction of sp³-hybridized carbons (Fsp3) is 0.538. The Morgan fingerprint density at radius 3 is 3.00 bits per heavy atom. The minimum atomic E-state index is 0.0918. The molecule has 0 radical (unpaired) electrons. The first kappa shape index (κ1) is 12.0. The highest BCUT2D eigenvalue weighted by molar-refractivity contribution is 5.78. The van der Waals surface area contributed by atoms with Crippen LogP contribution in [0.3, 0.4) is 0 Å². The van der Waals surface area contributed by atoms with Crippen molar-refractivity contribution in [1.29, 1.82) is 0 Å². The van der Waals surface area contributed by atoms with E-state index in [1.165, 1.54) is 12.8 Å². The maximum absolute atomic E-state index is 11.6. The van der Waals surface area contributed by atoms with Crippen LogP contribution in [0.4, 0.5) is 0 Å². The van der Waals surface area contributed by atoms with Crippen LogP contribution >= 0.6 is 0 Å². The summed E-state index contributed by atoms with van der Waals surface area (Å²) in [4.78, 5) is 15.6. The van der Waals surface area contributed by atoms with Crippen LogP contribution in [0.15, 0.2) is 24.5 Å². The number of hydrogen-bond acceptors (Lipinski definition) is 3. The summed E-state index contributed by atoms with van der Waals surface area (Å²) >= 11 is 0. The van der Waals surface area contributed by atoms with Crippen LogP contribution < -0.4 is 10.6 Å². The highest BCUT2D eigenvalue weighted by Gasteiger charge is 2.13. The first-order valence-electron chi connectivity index (χ1n) is 6.23. The third-order valence-corrected chi connectivity index (χ3v) is 3.09. The van der Waals surface area contributed by atoms with E-state index in [1.54, 1.807) is 12.4 Å². The number of carbonyl (C=O) groups excluding carboxylic acids is 1. The monoisotopic (exact) mass is 233 g/mol. The Morgan fingerprint density at radius 1 is 1.47 bits per heavy atom. The second-order valence-electron chi connectivity index (χ2n) is 4.46. The first-order valence-corrected chi connectivity index (χ1v) is 6.23. The summed E-state index contributed by atoms with van der Waals surface area (Å²) in [5, 5.41) is 6.38. The fourth-order valence-corrected chi connectivity index (χ4v) is 2.14. The Labute approximate surface area is 102 Å². The maximum atomic E-state index is 11.6. The van der Waals surface area contributed by atoms with Gasteiger partial charge in [0.1, 0.15) is 0 Å². The van der Waals surface area contributed by atoms with Gasteiger partial charge in [-0.05, 0) is 43.5 Å². The molecule has 1 aromatic heterocycles. The number of pyridine rings is 1. The molecule has 4 nitrogen and oxygen atoms in total. The lowest BCUT2D eigenvalue weighted by Gasteiger charge is -2.10. The molecule has 1 aromatic rings. The van der Waals surface area contributed by atoms with Crippen LogP contribution in [0.2, 0.25) is 0 Å². The van der Waals surface area contributed by atoms with Gasteiger partial charge < -0.3 is 10.6 Å². The molecule has 1 aliphatic rings. The molecule has 4 heteroatoms. The topological polar surface area (TPSA) is 54.0 Å². The largest absolute Gasteiger partial charge is 0.356 e. The van der Waals surface area contributed by atoms with Crippen LogP contribution in [-0.2, 0) is 11.2 Å².